The lowest BCUT2D eigenvalue weighted by atomic mass is 10.2. The molecule has 0 aliphatic heterocycles. The van der Waals surface area contributed by atoms with Gasteiger partial charge in [0.15, 0.2) is 5.11 Å². The molecule has 2 N–H and O–H groups in total. The van der Waals surface area contributed by atoms with Crippen LogP contribution in [-0.4, -0.2) is 17.1 Å². The minimum atomic E-state index is -0.426. The van der Waals surface area contributed by atoms with Crippen LogP contribution >= 0.6 is 12.2 Å². The van der Waals surface area contributed by atoms with Gasteiger partial charge in [0.2, 0.25) is 0 Å². The number of rotatable bonds is 4. The van der Waals surface area contributed by atoms with E-state index in [1.54, 1.807) is 20.1 Å². The summed E-state index contributed by atoms with van der Waals surface area (Å²) >= 11 is 5.30. The van der Waals surface area contributed by atoms with Crippen molar-refractivity contribution in [2.24, 2.45) is 0 Å². The zero-order valence-corrected chi connectivity index (χ0v) is 13.9. The van der Waals surface area contributed by atoms with Crippen LogP contribution in [0.2, 0.25) is 0 Å². The van der Waals surface area contributed by atoms with E-state index in [2.05, 4.69) is 10.6 Å². The number of hydrogen-bond donors (Lipinski definition) is 2. The molecular formula is C16H17N3O3S. The zero-order chi connectivity index (χ0) is 17.0. The third kappa shape index (κ3) is 4.17. The van der Waals surface area contributed by atoms with E-state index in [9.17, 15) is 10.1 Å². The molecule has 0 radical (unpaired) electrons. The molecule has 23 heavy (non-hydrogen) atoms. The summed E-state index contributed by atoms with van der Waals surface area (Å²) < 4.78 is 5.29. The molecule has 0 aliphatic carbocycles. The number of nitrogens with zero attached hydrogens (tertiary/aromatic N) is 1. The molecule has 7 heteroatoms. The third-order valence-corrected chi connectivity index (χ3v) is 3.48. The third-order valence-electron chi connectivity index (χ3n) is 3.27. The minimum Gasteiger partial charge on any atom is -0.495 e. The highest BCUT2D eigenvalue weighted by atomic mass is 32.1. The first kappa shape index (κ1) is 16.7. The van der Waals surface area contributed by atoms with Gasteiger partial charge in [0.1, 0.15) is 5.75 Å². The van der Waals surface area contributed by atoms with Gasteiger partial charge in [-0.05, 0) is 55.4 Å². The molecule has 0 unspecified atom stereocenters. The van der Waals surface area contributed by atoms with Gasteiger partial charge in [-0.3, -0.25) is 10.1 Å². The lowest BCUT2D eigenvalue weighted by molar-refractivity contribution is -0.384. The van der Waals surface area contributed by atoms with Crippen molar-refractivity contribution in [2.45, 2.75) is 13.8 Å². The standard InChI is InChI=1S/C16H17N3O3S/c1-10-4-7-15(22-3)14(8-10)18-16(23)17-13-6-5-12(19(20)21)9-11(13)2/h4-9H,1-3H3,(H2,17,18,23). The predicted molar refractivity (Wildman–Crippen MR) is 95.4 cm³/mol. The Labute approximate surface area is 139 Å². The first-order chi connectivity index (χ1) is 10.9. The highest BCUT2D eigenvalue weighted by Gasteiger charge is 2.10. The maximum Gasteiger partial charge on any atom is 0.269 e. The molecular weight excluding hydrogens is 314 g/mol. The molecule has 0 amide bonds. The molecule has 0 fully saturated rings. The maximum absolute atomic E-state index is 10.8. The van der Waals surface area contributed by atoms with Crippen molar-refractivity contribution in [1.29, 1.82) is 0 Å². The molecule has 0 aromatic heterocycles. The van der Waals surface area contributed by atoms with Crippen LogP contribution in [0.15, 0.2) is 36.4 Å². The molecule has 0 saturated carbocycles. The number of methoxy groups -OCH3 is 1. The second kappa shape index (κ2) is 7.06. The van der Waals surface area contributed by atoms with Crippen molar-refractivity contribution in [1.82, 2.24) is 0 Å². The van der Waals surface area contributed by atoms with Crippen LogP contribution in [0, 0.1) is 24.0 Å². The molecule has 0 spiro atoms. The average molecular weight is 331 g/mol. The van der Waals surface area contributed by atoms with Crippen LogP contribution in [0.1, 0.15) is 11.1 Å². The van der Waals surface area contributed by atoms with Gasteiger partial charge in [0.25, 0.3) is 5.69 Å². The van der Waals surface area contributed by atoms with Crippen molar-refractivity contribution in [3.05, 3.63) is 57.6 Å². The number of nitrogens with one attached hydrogen (secondary N) is 2. The lowest BCUT2D eigenvalue weighted by Crippen LogP contribution is -2.20. The molecule has 2 aromatic rings. The molecule has 0 heterocycles. The minimum absolute atomic E-state index is 0.0484. The highest BCUT2D eigenvalue weighted by Crippen LogP contribution is 2.26. The predicted octanol–water partition coefficient (Wildman–Crippen LogP) is 4.03. The Morgan fingerprint density at radius 1 is 1.13 bits per heavy atom. The van der Waals surface area contributed by atoms with Gasteiger partial charge >= 0.3 is 0 Å². The molecule has 0 saturated heterocycles. The van der Waals surface area contributed by atoms with Gasteiger partial charge in [0, 0.05) is 17.8 Å². The lowest BCUT2D eigenvalue weighted by Gasteiger charge is -2.15. The van der Waals surface area contributed by atoms with E-state index in [4.69, 9.17) is 17.0 Å². The van der Waals surface area contributed by atoms with Crippen LogP contribution in [0.4, 0.5) is 17.1 Å². The Kier molecular flexibility index (Phi) is 5.13. The summed E-state index contributed by atoms with van der Waals surface area (Å²) in [4.78, 5) is 10.3. The van der Waals surface area contributed by atoms with E-state index < -0.39 is 4.92 Å². The van der Waals surface area contributed by atoms with Crippen LogP contribution in [-0.2, 0) is 0 Å². The molecule has 0 atom stereocenters. The number of thiocarbonyl (C=S) groups is 1. The van der Waals surface area contributed by atoms with E-state index in [0.717, 1.165) is 16.8 Å². The van der Waals surface area contributed by atoms with E-state index in [0.29, 0.717) is 16.5 Å². The van der Waals surface area contributed by atoms with Crippen LogP contribution in [0.3, 0.4) is 0 Å². The van der Waals surface area contributed by atoms with Gasteiger partial charge < -0.3 is 15.4 Å². The van der Waals surface area contributed by atoms with Crippen LogP contribution < -0.4 is 15.4 Å². The summed E-state index contributed by atoms with van der Waals surface area (Å²) in [5, 5.41) is 17.3. The molecule has 2 rings (SSSR count). The summed E-state index contributed by atoms with van der Waals surface area (Å²) in [6, 6.07) is 10.3. The number of benzene rings is 2. The second-order valence-electron chi connectivity index (χ2n) is 5.04. The van der Waals surface area contributed by atoms with Gasteiger partial charge in [0.05, 0.1) is 17.7 Å². The van der Waals surface area contributed by atoms with Gasteiger partial charge in [-0.1, -0.05) is 6.07 Å². The van der Waals surface area contributed by atoms with Crippen LogP contribution in [0.5, 0.6) is 5.75 Å². The summed E-state index contributed by atoms with van der Waals surface area (Å²) in [7, 11) is 1.59. The topological polar surface area (TPSA) is 76.4 Å². The molecule has 120 valence electrons. The summed E-state index contributed by atoms with van der Waals surface area (Å²) in [6.45, 7) is 3.76. The monoisotopic (exact) mass is 331 g/mol. The van der Waals surface area contributed by atoms with Gasteiger partial charge in [-0.25, -0.2) is 0 Å². The summed E-state index contributed by atoms with van der Waals surface area (Å²) in [6.07, 6.45) is 0. The fourth-order valence-electron chi connectivity index (χ4n) is 2.10. The highest BCUT2D eigenvalue weighted by molar-refractivity contribution is 7.80. The average Bonchev–Trinajstić information content (AvgIpc) is 2.49. The number of non-ortho nitro benzene ring substituents is 1. The normalized spacial score (nSPS) is 10.0. The summed E-state index contributed by atoms with van der Waals surface area (Å²) in [5.74, 6) is 0.681. The SMILES string of the molecule is COc1ccc(C)cc1NC(=S)Nc1ccc([N+](=O)[O-])cc1C. The summed E-state index contributed by atoms with van der Waals surface area (Å²) in [5.41, 5.74) is 3.32. The van der Waals surface area contributed by atoms with E-state index >= 15 is 0 Å². The van der Waals surface area contributed by atoms with E-state index in [1.165, 1.54) is 12.1 Å². The quantitative estimate of drug-likeness (QED) is 0.500. The van der Waals surface area contributed by atoms with E-state index in [1.807, 2.05) is 25.1 Å². The van der Waals surface area contributed by atoms with Crippen molar-refractivity contribution in [3.8, 4) is 5.75 Å². The second-order valence-corrected chi connectivity index (χ2v) is 5.45. The number of anilines is 2. The van der Waals surface area contributed by atoms with Crippen LogP contribution in [0.25, 0.3) is 0 Å². The number of nitro groups is 1. The first-order valence-electron chi connectivity index (χ1n) is 6.88. The van der Waals surface area contributed by atoms with E-state index in [-0.39, 0.29) is 5.69 Å². The number of ether oxygens (including phenoxy) is 1. The molecule has 0 bridgehead atoms. The Morgan fingerprint density at radius 2 is 1.83 bits per heavy atom. The molecule has 6 nitrogen and oxygen atoms in total. The largest absolute Gasteiger partial charge is 0.495 e. The fourth-order valence-corrected chi connectivity index (χ4v) is 2.32. The molecule has 0 aliphatic rings. The van der Waals surface area contributed by atoms with Gasteiger partial charge in [-0.15, -0.1) is 0 Å². The molecule has 2 aromatic carbocycles. The Morgan fingerprint density at radius 3 is 2.43 bits per heavy atom. The smallest absolute Gasteiger partial charge is 0.269 e. The Bertz CT molecular complexity index is 762. The Hall–Kier alpha value is -2.67. The van der Waals surface area contributed by atoms with Gasteiger partial charge in [-0.2, -0.15) is 0 Å². The number of aryl methyl sites for hydroxylation is 2. The van der Waals surface area contributed by atoms with Crippen molar-refractivity contribution in [2.75, 3.05) is 17.7 Å². The van der Waals surface area contributed by atoms with Crippen molar-refractivity contribution in [3.63, 3.8) is 0 Å². The first-order valence-corrected chi connectivity index (χ1v) is 7.29. The Balaban J connectivity index is 2.14. The van der Waals surface area contributed by atoms with Crippen molar-refractivity contribution >= 4 is 34.4 Å². The zero-order valence-electron chi connectivity index (χ0n) is 13.0. The number of nitro benzene ring substituents is 1. The van der Waals surface area contributed by atoms with Crippen molar-refractivity contribution < 1.29 is 9.66 Å². The maximum atomic E-state index is 10.8. The fraction of sp³-hybridized carbons (Fsp3) is 0.188. The number of hydrogen-bond acceptors (Lipinski definition) is 4.